The summed E-state index contributed by atoms with van der Waals surface area (Å²) in [7, 11) is 4.57. The summed E-state index contributed by atoms with van der Waals surface area (Å²) in [4.78, 5) is 15.4. The third-order valence-corrected chi connectivity index (χ3v) is 5.92. The number of benzene rings is 3. The Morgan fingerprint density at radius 2 is 1.57 bits per heavy atom. The van der Waals surface area contributed by atoms with Crippen LogP contribution in [0.3, 0.4) is 0 Å². The van der Waals surface area contributed by atoms with Gasteiger partial charge in [-0.25, -0.2) is 0 Å². The van der Waals surface area contributed by atoms with Crippen molar-refractivity contribution in [3.63, 3.8) is 0 Å². The summed E-state index contributed by atoms with van der Waals surface area (Å²) in [5, 5.41) is 6.45. The number of hydrogen-bond acceptors (Lipinski definition) is 7. The van der Waals surface area contributed by atoms with E-state index in [9.17, 15) is 4.79 Å². The van der Waals surface area contributed by atoms with Crippen molar-refractivity contribution in [2.45, 2.75) is 6.92 Å². The summed E-state index contributed by atoms with van der Waals surface area (Å²) in [5.41, 5.74) is 5.04. The highest BCUT2D eigenvalue weighted by Gasteiger charge is 2.18. The van der Waals surface area contributed by atoms with Gasteiger partial charge in [-0.15, -0.1) is 0 Å². The van der Waals surface area contributed by atoms with E-state index in [1.54, 1.807) is 12.1 Å². The Bertz CT molecular complexity index is 1170. The van der Waals surface area contributed by atoms with Crippen molar-refractivity contribution in [2.24, 2.45) is 0 Å². The quantitative estimate of drug-likeness (QED) is 0.480. The molecule has 0 unspecified atom stereocenters. The van der Waals surface area contributed by atoms with E-state index in [2.05, 4.69) is 27.7 Å². The molecule has 3 aromatic carbocycles. The molecule has 1 saturated heterocycles. The highest BCUT2D eigenvalue weighted by Crippen LogP contribution is 2.38. The van der Waals surface area contributed by atoms with E-state index in [0.29, 0.717) is 28.5 Å². The first kappa shape index (κ1) is 24.2. The molecule has 1 aliphatic heterocycles. The zero-order valence-corrected chi connectivity index (χ0v) is 20.5. The molecule has 184 valence electrons. The summed E-state index contributed by atoms with van der Waals surface area (Å²) < 4.78 is 21.6. The maximum absolute atomic E-state index is 13.1. The van der Waals surface area contributed by atoms with Crippen molar-refractivity contribution in [3.05, 3.63) is 65.7 Å². The molecule has 8 nitrogen and oxygen atoms in total. The number of hydrogen-bond donors (Lipinski definition) is 2. The Morgan fingerprint density at radius 3 is 2.23 bits per heavy atom. The van der Waals surface area contributed by atoms with Gasteiger partial charge < -0.3 is 34.5 Å². The molecule has 0 bridgehead atoms. The van der Waals surface area contributed by atoms with E-state index in [4.69, 9.17) is 18.9 Å². The number of nitrogens with one attached hydrogen (secondary N) is 2. The number of methoxy groups -OCH3 is 3. The lowest BCUT2D eigenvalue weighted by molar-refractivity contribution is 0.102. The fourth-order valence-electron chi connectivity index (χ4n) is 4.01. The fourth-order valence-corrected chi connectivity index (χ4v) is 4.01. The minimum atomic E-state index is -0.279. The topological polar surface area (TPSA) is 81.3 Å². The standard InChI is InChI=1S/C27H31N3O5/c1-18-8-9-21(28-20-6-5-7-22(16-20)30-10-12-35-13-11-30)17-23(18)29-27(31)19-14-24(32-2)26(34-4)25(15-19)33-3/h5-9,14-17,28H,10-13H2,1-4H3,(H,29,31). The zero-order valence-electron chi connectivity index (χ0n) is 20.5. The van der Waals surface area contributed by atoms with E-state index >= 15 is 0 Å². The van der Waals surface area contributed by atoms with Crippen molar-refractivity contribution >= 4 is 28.7 Å². The zero-order chi connectivity index (χ0) is 24.8. The highest BCUT2D eigenvalue weighted by atomic mass is 16.5. The molecular formula is C27H31N3O5. The lowest BCUT2D eigenvalue weighted by atomic mass is 10.1. The second-order valence-electron chi connectivity index (χ2n) is 8.17. The Kier molecular flexibility index (Phi) is 7.62. The van der Waals surface area contributed by atoms with Crippen LogP contribution in [0.2, 0.25) is 0 Å². The number of nitrogens with zero attached hydrogens (tertiary/aromatic N) is 1. The molecular weight excluding hydrogens is 446 g/mol. The minimum Gasteiger partial charge on any atom is -0.493 e. The number of amides is 1. The Hall–Kier alpha value is -3.91. The van der Waals surface area contributed by atoms with Crippen molar-refractivity contribution in [2.75, 3.05) is 63.2 Å². The second-order valence-corrected chi connectivity index (χ2v) is 8.17. The molecule has 35 heavy (non-hydrogen) atoms. The van der Waals surface area contributed by atoms with Crippen molar-refractivity contribution < 1.29 is 23.7 Å². The van der Waals surface area contributed by atoms with E-state index in [1.807, 2.05) is 37.3 Å². The summed E-state index contributed by atoms with van der Waals surface area (Å²) in [6.45, 7) is 5.19. The third-order valence-electron chi connectivity index (χ3n) is 5.92. The van der Waals surface area contributed by atoms with E-state index in [0.717, 1.165) is 48.9 Å². The molecule has 0 saturated carbocycles. The van der Waals surface area contributed by atoms with Crippen LogP contribution in [0.5, 0.6) is 17.2 Å². The Labute approximate surface area is 205 Å². The van der Waals surface area contributed by atoms with Crippen molar-refractivity contribution in [1.29, 1.82) is 0 Å². The molecule has 1 fully saturated rings. The van der Waals surface area contributed by atoms with E-state index in [-0.39, 0.29) is 5.91 Å². The molecule has 3 aromatic rings. The summed E-state index contributed by atoms with van der Waals surface area (Å²) >= 11 is 0. The minimum absolute atomic E-state index is 0.279. The molecule has 4 rings (SSSR count). The van der Waals surface area contributed by atoms with E-state index in [1.165, 1.54) is 21.3 Å². The molecule has 0 spiro atoms. The van der Waals surface area contributed by atoms with E-state index < -0.39 is 0 Å². The lowest BCUT2D eigenvalue weighted by Crippen LogP contribution is -2.36. The average Bonchev–Trinajstić information content (AvgIpc) is 2.90. The SMILES string of the molecule is COc1cc(C(=O)Nc2cc(Nc3cccc(N4CCOCC4)c3)ccc2C)cc(OC)c1OC. The predicted molar refractivity (Wildman–Crippen MR) is 138 cm³/mol. The molecule has 1 aliphatic rings. The van der Waals surface area contributed by atoms with Crippen LogP contribution >= 0.6 is 0 Å². The van der Waals surface area contributed by atoms with Crippen LogP contribution in [0, 0.1) is 6.92 Å². The first-order valence-corrected chi connectivity index (χ1v) is 11.4. The lowest BCUT2D eigenvalue weighted by Gasteiger charge is -2.29. The fraction of sp³-hybridized carbons (Fsp3) is 0.296. The van der Waals surface area contributed by atoms with Gasteiger partial charge in [0.15, 0.2) is 11.5 Å². The Morgan fingerprint density at radius 1 is 0.886 bits per heavy atom. The van der Waals surface area contributed by atoms with Crippen molar-refractivity contribution in [3.8, 4) is 17.2 Å². The number of carbonyl (C=O) groups is 1. The van der Waals surface area contributed by atoms with Crippen LogP contribution < -0.4 is 29.7 Å². The molecule has 8 heteroatoms. The second kappa shape index (κ2) is 11.0. The third kappa shape index (κ3) is 5.60. The highest BCUT2D eigenvalue weighted by molar-refractivity contribution is 6.05. The smallest absolute Gasteiger partial charge is 0.255 e. The molecule has 1 amide bonds. The maximum atomic E-state index is 13.1. The van der Waals surface area contributed by atoms with Gasteiger partial charge in [-0.2, -0.15) is 0 Å². The predicted octanol–water partition coefficient (Wildman–Crippen LogP) is 4.85. The number of morpholine rings is 1. The summed E-state index contributed by atoms with van der Waals surface area (Å²) in [5.74, 6) is 1.00. The van der Waals surface area contributed by atoms with Crippen LogP contribution in [0.15, 0.2) is 54.6 Å². The van der Waals surface area contributed by atoms with Gasteiger partial charge in [-0.05, 0) is 55.0 Å². The largest absolute Gasteiger partial charge is 0.493 e. The van der Waals surface area contributed by atoms with Crippen LogP contribution in [-0.4, -0.2) is 53.5 Å². The first-order valence-electron chi connectivity index (χ1n) is 11.4. The van der Waals surface area contributed by atoms with Crippen LogP contribution in [0.25, 0.3) is 0 Å². The maximum Gasteiger partial charge on any atom is 0.255 e. The number of aryl methyl sites for hydroxylation is 1. The van der Waals surface area contributed by atoms with Gasteiger partial charge in [0, 0.05) is 41.4 Å². The monoisotopic (exact) mass is 477 g/mol. The molecule has 0 aromatic heterocycles. The van der Waals surface area contributed by atoms with Gasteiger partial charge in [0.1, 0.15) is 0 Å². The number of rotatable bonds is 8. The number of anilines is 4. The number of carbonyl (C=O) groups excluding carboxylic acids is 1. The van der Waals surface area contributed by atoms with Crippen LogP contribution in [0.1, 0.15) is 15.9 Å². The molecule has 2 N–H and O–H groups in total. The van der Waals surface area contributed by atoms with Gasteiger partial charge in [0.2, 0.25) is 5.75 Å². The molecule has 0 radical (unpaired) electrons. The summed E-state index contributed by atoms with van der Waals surface area (Å²) in [6, 6.07) is 17.4. The average molecular weight is 478 g/mol. The van der Waals surface area contributed by atoms with Crippen LogP contribution in [0.4, 0.5) is 22.7 Å². The Balaban J connectivity index is 1.53. The van der Waals surface area contributed by atoms with Gasteiger partial charge in [-0.3, -0.25) is 4.79 Å². The van der Waals surface area contributed by atoms with Crippen LogP contribution in [-0.2, 0) is 4.74 Å². The molecule has 1 heterocycles. The first-order chi connectivity index (χ1) is 17.0. The van der Waals surface area contributed by atoms with Gasteiger partial charge in [0.05, 0.1) is 34.5 Å². The summed E-state index contributed by atoms with van der Waals surface area (Å²) in [6.07, 6.45) is 0. The van der Waals surface area contributed by atoms with Crippen molar-refractivity contribution in [1.82, 2.24) is 0 Å². The molecule has 0 aliphatic carbocycles. The normalized spacial score (nSPS) is 13.2. The van der Waals surface area contributed by atoms with Gasteiger partial charge in [-0.1, -0.05) is 12.1 Å². The van der Waals surface area contributed by atoms with Gasteiger partial charge in [0.25, 0.3) is 5.91 Å². The molecule has 0 atom stereocenters. The number of ether oxygens (including phenoxy) is 4. The van der Waals surface area contributed by atoms with Gasteiger partial charge >= 0.3 is 0 Å².